The Bertz CT molecular complexity index is 393. The van der Waals surface area contributed by atoms with Gasteiger partial charge in [0.2, 0.25) is 0 Å². The van der Waals surface area contributed by atoms with Gasteiger partial charge in [0.25, 0.3) is 0 Å². The molecule has 18 heavy (non-hydrogen) atoms. The van der Waals surface area contributed by atoms with Crippen LogP contribution >= 0.6 is 0 Å². The second-order valence-electron chi connectivity index (χ2n) is 5.04. The Balaban J connectivity index is 2.07. The van der Waals surface area contributed by atoms with Crippen molar-refractivity contribution in [2.75, 3.05) is 19.0 Å². The lowest BCUT2D eigenvalue weighted by Gasteiger charge is -2.23. The van der Waals surface area contributed by atoms with Gasteiger partial charge in [-0.3, -0.25) is 4.90 Å². The highest BCUT2D eigenvalue weighted by atomic mass is 16.2. The van der Waals surface area contributed by atoms with Crippen LogP contribution in [0, 0.1) is 0 Å². The summed E-state index contributed by atoms with van der Waals surface area (Å²) in [6, 6.07) is 8.34. The summed E-state index contributed by atoms with van der Waals surface area (Å²) >= 11 is 0. The minimum atomic E-state index is -0.0829. The first kappa shape index (κ1) is 12.9. The number of carbonyl (C=O) groups excluding carboxylic acids is 1. The number of carbonyl (C=O) groups is 1. The van der Waals surface area contributed by atoms with Crippen molar-refractivity contribution in [3.63, 3.8) is 0 Å². The van der Waals surface area contributed by atoms with Gasteiger partial charge in [0.1, 0.15) is 0 Å². The highest BCUT2D eigenvalue weighted by Crippen LogP contribution is 2.33. The van der Waals surface area contributed by atoms with E-state index in [1.807, 2.05) is 12.1 Å². The number of urea groups is 1. The maximum Gasteiger partial charge on any atom is 0.321 e. The second kappa shape index (κ2) is 5.89. The number of amides is 2. The van der Waals surface area contributed by atoms with Gasteiger partial charge < -0.3 is 5.32 Å². The molecule has 0 unspecified atom stereocenters. The highest BCUT2D eigenvalue weighted by molar-refractivity contribution is 5.91. The molecule has 0 spiro atoms. The lowest BCUT2D eigenvalue weighted by molar-refractivity contribution is 0.249. The molecule has 0 bridgehead atoms. The number of rotatable bonds is 2. The molecular formula is C15H22N2O. The van der Waals surface area contributed by atoms with Crippen LogP contribution in [-0.4, -0.2) is 20.1 Å². The summed E-state index contributed by atoms with van der Waals surface area (Å²) in [5.74, 6) is 0.720. The van der Waals surface area contributed by atoms with Crippen LogP contribution in [0.25, 0.3) is 0 Å². The summed E-state index contributed by atoms with van der Waals surface area (Å²) in [4.78, 5) is 13.1. The van der Waals surface area contributed by atoms with Crippen molar-refractivity contribution >= 4 is 11.7 Å². The van der Waals surface area contributed by atoms with E-state index < -0.39 is 0 Å². The van der Waals surface area contributed by atoms with Crippen LogP contribution < -0.4 is 10.2 Å². The van der Waals surface area contributed by atoms with Gasteiger partial charge in [-0.15, -0.1) is 0 Å². The minimum absolute atomic E-state index is 0.0829. The first-order valence-corrected chi connectivity index (χ1v) is 6.78. The van der Waals surface area contributed by atoms with E-state index in [-0.39, 0.29) is 6.03 Å². The van der Waals surface area contributed by atoms with Gasteiger partial charge in [-0.1, -0.05) is 31.4 Å². The first-order valence-electron chi connectivity index (χ1n) is 6.78. The number of hydrogen-bond donors (Lipinski definition) is 1. The van der Waals surface area contributed by atoms with E-state index in [0.717, 1.165) is 11.6 Å². The number of anilines is 1. The average molecular weight is 246 g/mol. The molecule has 3 heteroatoms. The molecule has 1 fully saturated rings. The zero-order chi connectivity index (χ0) is 13.0. The van der Waals surface area contributed by atoms with Gasteiger partial charge in [-0.25, -0.2) is 4.79 Å². The molecule has 3 nitrogen and oxygen atoms in total. The molecule has 0 aliphatic heterocycles. The van der Waals surface area contributed by atoms with Crippen LogP contribution in [0.4, 0.5) is 10.5 Å². The monoisotopic (exact) mass is 246 g/mol. The van der Waals surface area contributed by atoms with Crippen molar-refractivity contribution in [3.05, 3.63) is 29.8 Å². The topological polar surface area (TPSA) is 32.3 Å². The number of nitrogens with one attached hydrogen (secondary N) is 1. The van der Waals surface area contributed by atoms with Crippen LogP contribution in [0.2, 0.25) is 0 Å². The Morgan fingerprint density at radius 2 is 1.78 bits per heavy atom. The number of hydrogen-bond acceptors (Lipinski definition) is 1. The summed E-state index contributed by atoms with van der Waals surface area (Å²) in [6.45, 7) is 0. The van der Waals surface area contributed by atoms with E-state index in [9.17, 15) is 4.79 Å². The van der Waals surface area contributed by atoms with E-state index in [2.05, 4.69) is 17.4 Å². The first-order chi connectivity index (χ1) is 8.72. The Labute approximate surface area is 109 Å². The normalized spacial score (nSPS) is 16.3. The van der Waals surface area contributed by atoms with E-state index in [4.69, 9.17) is 0 Å². The van der Waals surface area contributed by atoms with Crippen molar-refractivity contribution in [3.8, 4) is 0 Å². The van der Waals surface area contributed by atoms with Gasteiger partial charge >= 0.3 is 6.03 Å². The van der Waals surface area contributed by atoms with Gasteiger partial charge in [0.15, 0.2) is 0 Å². The summed E-state index contributed by atoms with van der Waals surface area (Å²) < 4.78 is 0. The number of nitrogens with zero attached hydrogens (tertiary/aromatic N) is 1. The lowest BCUT2D eigenvalue weighted by atomic mass is 9.84. The molecule has 1 aliphatic carbocycles. The van der Waals surface area contributed by atoms with E-state index >= 15 is 0 Å². The van der Waals surface area contributed by atoms with E-state index in [1.165, 1.54) is 37.7 Å². The molecule has 0 aromatic heterocycles. The van der Waals surface area contributed by atoms with Crippen molar-refractivity contribution in [2.24, 2.45) is 0 Å². The average Bonchev–Trinajstić information content (AvgIpc) is 2.47. The van der Waals surface area contributed by atoms with Gasteiger partial charge in [-0.05, 0) is 36.5 Å². The van der Waals surface area contributed by atoms with E-state index in [0.29, 0.717) is 0 Å². The van der Waals surface area contributed by atoms with Crippen molar-refractivity contribution in [1.29, 1.82) is 0 Å². The second-order valence-corrected chi connectivity index (χ2v) is 5.04. The Morgan fingerprint density at radius 1 is 1.17 bits per heavy atom. The summed E-state index contributed by atoms with van der Waals surface area (Å²) in [6.07, 6.45) is 6.71. The molecule has 98 valence electrons. The maximum atomic E-state index is 11.5. The fourth-order valence-electron chi connectivity index (χ4n) is 2.69. The van der Waals surface area contributed by atoms with Gasteiger partial charge in [0, 0.05) is 19.8 Å². The van der Waals surface area contributed by atoms with Crippen LogP contribution in [0.1, 0.15) is 43.6 Å². The third-order valence-electron chi connectivity index (χ3n) is 3.88. The number of benzene rings is 1. The standard InChI is InChI=1S/C15H22N2O/c1-16-15(18)17(2)14-10-8-13(9-11-14)12-6-4-3-5-7-12/h8-12H,3-7H2,1-2H3,(H,16,18). The fraction of sp³-hybridized carbons (Fsp3) is 0.533. The fourth-order valence-corrected chi connectivity index (χ4v) is 2.69. The molecule has 2 amide bonds. The molecule has 1 N–H and O–H groups in total. The third kappa shape index (κ3) is 2.84. The van der Waals surface area contributed by atoms with Crippen molar-refractivity contribution < 1.29 is 4.79 Å². The largest absolute Gasteiger partial charge is 0.341 e. The molecule has 0 radical (unpaired) electrons. The highest BCUT2D eigenvalue weighted by Gasteiger charge is 2.16. The Morgan fingerprint density at radius 3 is 2.33 bits per heavy atom. The molecule has 1 saturated carbocycles. The quantitative estimate of drug-likeness (QED) is 0.851. The Kier molecular flexibility index (Phi) is 4.24. The molecule has 1 aromatic carbocycles. The van der Waals surface area contributed by atoms with Crippen molar-refractivity contribution in [1.82, 2.24) is 5.32 Å². The zero-order valence-electron chi connectivity index (χ0n) is 11.3. The molecule has 2 rings (SSSR count). The van der Waals surface area contributed by atoms with E-state index in [1.54, 1.807) is 19.0 Å². The SMILES string of the molecule is CNC(=O)N(C)c1ccc(C2CCCCC2)cc1. The lowest BCUT2D eigenvalue weighted by Crippen LogP contribution is -2.34. The minimum Gasteiger partial charge on any atom is -0.341 e. The maximum absolute atomic E-state index is 11.5. The zero-order valence-corrected chi connectivity index (χ0v) is 11.3. The summed E-state index contributed by atoms with van der Waals surface area (Å²) in [5.41, 5.74) is 2.36. The smallest absolute Gasteiger partial charge is 0.321 e. The summed E-state index contributed by atoms with van der Waals surface area (Å²) in [5, 5.41) is 2.63. The predicted molar refractivity (Wildman–Crippen MR) is 75.1 cm³/mol. The molecule has 0 atom stereocenters. The molecule has 1 aromatic rings. The third-order valence-corrected chi connectivity index (χ3v) is 3.88. The molecule has 1 aliphatic rings. The van der Waals surface area contributed by atoms with Crippen LogP contribution in [-0.2, 0) is 0 Å². The predicted octanol–water partition coefficient (Wildman–Crippen LogP) is 3.51. The molecular weight excluding hydrogens is 224 g/mol. The van der Waals surface area contributed by atoms with Crippen LogP contribution in [0.15, 0.2) is 24.3 Å². The van der Waals surface area contributed by atoms with Gasteiger partial charge in [0.05, 0.1) is 0 Å². The molecule has 0 saturated heterocycles. The van der Waals surface area contributed by atoms with Crippen LogP contribution in [0.5, 0.6) is 0 Å². The molecule has 0 heterocycles. The van der Waals surface area contributed by atoms with Gasteiger partial charge in [-0.2, -0.15) is 0 Å². The summed E-state index contributed by atoms with van der Waals surface area (Å²) in [7, 11) is 3.43. The van der Waals surface area contributed by atoms with Crippen molar-refractivity contribution in [2.45, 2.75) is 38.0 Å². The van der Waals surface area contributed by atoms with Crippen LogP contribution in [0.3, 0.4) is 0 Å². The Hall–Kier alpha value is -1.51.